The summed E-state index contributed by atoms with van der Waals surface area (Å²) in [5.41, 5.74) is 1.63. The molecule has 1 aliphatic rings. The minimum absolute atomic E-state index is 0. The quantitative estimate of drug-likeness (QED) is 0.644. The van der Waals surface area contributed by atoms with Crippen LogP contribution in [0, 0.1) is 5.82 Å². The number of hydrogen-bond acceptors (Lipinski definition) is 4. The van der Waals surface area contributed by atoms with Crippen LogP contribution in [-0.4, -0.2) is 46.1 Å². The van der Waals surface area contributed by atoms with Crippen LogP contribution in [0.3, 0.4) is 0 Å². The number of carbonyl (C=O) groups is 1. The zero-order valence-corrected chi connectivity index (χ0v) is 17.2. The van der Waals surface area contributed by atoms with Crippen molar-refractivity contribution in [3.8, 4) is 11.4 Å². The predicted octanol–water partition coefficient (Wildman–Crippen LogP) is 3.92. The van der Waals surface area contributed by atoms with Crippen LogP contribution >= 0.6 is 12.4 Å². The van der Waals surface area contributed by atoms with Gasteiger partial charge >= 0.3 is 0 Å². The van der Waals surface area contributed by atoms with Crippen LogP contribution < -0.4 is 10.1 Å². The van der Waals surface area contributed by atoms with Crippen molar-refractivity contribution in [1.82, 2.24) is 14.5 Å². The van der Waals surface area contributed by atoms with Gasteiger partial charge in [0.05, 0.1) is 24.2 Å². The van der Waals surface area contributed by atoms with Gasteiger partial charge in [-0.3, -0.25) is 9.69 Å². The second-order valence-corrected chi connectivity index (χ2v) is 7.08. The first-order valence-electron chi connectivity index (χ1n) is 9.69. The Hall–Kier alpha value is -2.90. The summed E-state index contributed by atoms with van der Waals surface area (Å²) in [4.78, 5) is 18.8. The van der Waals surface area contributed by atoms with E-state index in [2.05, 4.69) is 15.2 Å². The van der Waals surface area contributed by atoms with Gasteiger partial charge in [-0.1, -0.05) is 12.1 Å². The molecule has 6 nitrogen and oxygen atoms in total. The molecule has 0 saturated carbocycles. The summed E-state index contributed by atoms with van der Waals surface area (Å²) in [6, 6.07) is 13.7. The normalized spacial score (nSPS) is 14.7. The zero-order valence-electron chi connectivity index (χ0n) is 16.4. The summed E-state index contributed by atoms with van der Waals surface area (Å²) in [5.74, 6) is 0.363. The monoisotopic (exact) mass is 430 g/mol. The van der Waals surface area contributed by atoms with Gasteiger partial charge in [0, 0.05) is 25.5 Å². The van der Waals surface area contributed by atoms with E-state index < -0.39 is 0 Å². The number of halogens is 2. The van der Waals surface area contributed by atoms with Crippen molar-refractivity contribution in [2.45, 2.75) is 18.9 Å². The molecule has 4 rings (SSSR count). The van der Waals surface area contributed by atoms with E-state index in [1.54, 1.807) is 24.7 Å². The van der Waals surface area contributed by atoms with Crippen LogP contribution in [0.5, 0.6) is 5.75 Å². The summed E-state index contributed by atoms with van der Waals surface area (Å²) in [7, 11) is 0. The van der Waals surface area contributed by atoms with Crippen LogP contribution in [0.1, 0.15) is 12.8 Å². The number of amides is 1. The van der Waals surface area contributed by atoms with Crippen molar-refractivity contribution in [3.63, 3.8) is 0 Å². The van der Waals surface area contributed by atoms with Crippen molar-refractivity contribution in [2.75, 3.05) is 25.0 Å². The first-order valence-corrected chi connectivity index (χ1v) is 9.69. The lowest BCUT2D eigenvalue weighted by Crippen LogP contribution is -2.42. The number of hydrogen-bond donors (Lipinski definition) is 1. The molecule has 158 valence electrons. The molecular weight excluding hydrogens is 407 g/mol. The van der Waals surface area contributed by atoms with E-state index in [0.717, 1.165) is 37.3 Å². The fourth-order valence-electron chi connectivity index (χ4n) is 3.49. The number of piperidine rings is 1. The lowest BCUT2D eigenvalue weighted by molar-refractivity contribution is -0.117. The highest BCUT2D eigenvalue weighted by atomic mass is 35.5. The molecule has 1 amide bonds. The Bertz CT molecular complexity index is 942. The predicted molar refractivity (Wildman–Crippen MR) is 116 cm³/mol. The summed E-state index contributed by atoms with van der Waals surface area (Å²) >= 11 is 0. The maximum Gasteiger partial charge on any atom is 0.238 e. The maximum atomic E-state index is 13.0. The number of imidazole rings is 1. The van der Waals surface area contributed by atoms with Gasteiger partial charge in [0.1, 0.15) is 17.7 Å². The Labute approximate surface area is 181 Å². The molecule has 30 heavy (non-hydrogen) atoms. The van der Waals surface area contributed by atoms with Gasteiger partial charge < -0.3 is 14.6 Å². The number of anilines is 1. The van der Waals surface area contributed by atoms with E-state index in [-0.39, 0.29) is 30.2 Å². The van der Waals surface area contributed by atoms with Gasteiger partial charge in [0.25, 0.3) is 0 Å². The molecule has 0 unspecified atom stereocenters. The Kier molecular flexibility index (Phi) is 7.43. The Morgan fingerprint density at radius 1 is 1.13 bits per heavy atom. The molecule has 0 aliphatic carbocycles. The van der Waals surface area contributed by atoms with E-state index in [1.807, 2.05) is 35.0 Å². The molecular formula is C22H24ClFN4O2. The molecule has 8 heteroatoms. The van der Waals surface area contributed by atoms with E-state index in [1.165, 1.54) is 12.1 Å². The third-order valence-corrected chi connectivity index (χ3v) is 4.98. The minimum Gasteiger partial charge on any atom is -0.490 e. The highest BCUT2D eigenvalue weighted by Gasteiger charge is 2.22. The number of ether oxygens (including phenoxy) is 1. The summed E-state index contributed by atoms with van der Waals surface area (Å²) in [6.45, 7) is 1.90. The van der Waals surface area contributed by atoms with Gasteiger partial charge in [0.2, 0.25) is 5.91 Å². The second kappa shape index (κ2) is 10.2. The molecule has 1 N–H and O–H groups in total. The third kappa shape index (κ3) is 5.58. The van der Waals surface area contributed by atoms with Gasteiger partial charge in [-0.15, -0.1) is 12.4 Å². The average Bonchev–Trinajstić information content (AvgIpc) is 3.26. The van der Waals surface area contributed by atoms with Crippen LogP contribution in [0.25, 0.3) is 5.69 Å². The van der Waals surface area contributed by atoms with E-state index in [4.69, 9.17) is 4.74 Å². The van der Waals surface area contributed by atoms with Crippen molar-refractivity contribution < 1.29 is 13.9 Å². The van der Waals surface area contributed by atoms with Crippen LogP contribution in [0.2, 0.25) is 0 Å². The van der Waals surface area contributed by atoms with Crippen LogP contribution in [0.15, 0.2) is 67.3 Å². The maximum absolute atomic E-state index is 13.0. The summed E-state index contributed by atoms with van der Waals surface area (Å²) < 4.78 is 20.8. The third-order valence-electron chi connectivity index (χ3n) is 4.98. The molecule has 0 spiro atoms. The van der Waals surface area contributed by atoms with E-state index >= 15 is 0 Å². The largest absolute Gasteiger partial charge is 0.490 e. The molecule has 0 atom stereocenters. The first-order chi connectivity index (χ1) is 14.2. The van der Waals surface area contributed by atoms with E-state index in [9.17, 15) is 9.18 Å². The number of carbonyl (C=O) groups excluding carboxylic acids is 1. The molecule has 0 bridgehead atoms. The Morgan fingerprint density at radius 2 is 1.87 bits per heavy atom. The molecule has 1 fully saturated rings. The van der Waals surface area contributed by atoms with Crippen LogP contribution in [0.4, 0.5) is 10.1 Å². The first kappa shape index (κ1) is 21.8. The lowest BCUT2D eigenvalue weighted by atomic mass is 10.1. The molecule has 1 saturated heterocycles. The fourth-order valence-corrected chi connectivity index (χ4v) is 3.49. The van der Waals surface area contributed by atoms with Crippen molar-refractivity contribution >= 4 is 24.0 Å². The topological polar surface area (TPSA) is 59.4 Å². The number of nitrogens with one attached hydrogen (secondary N) is 1. The fraction of sp³-hybridized carbons (Fsp3) is 0.273. The van der Waals surface area contributed by atoms with Gasteiger partial charge in [-0.05, 0) is 49.2 Å². The SMILES string of the molecule is Cl.O=C(CN1CCC(Oc2ccc(F)cc2)CC1)Nc1ccccc1-n1ccnc1. The Balaban J connectivity index is 0.00000256. The number of rotatable bonds is 6. The highest BCUT2D eigenvalue weighted by molar-refractivity contribution is 5.94. The van der Waals surface area contributed by atoms with Crippen molar-refractivity contribution in [3.05, 3.63) is 73.1 Å². The minimum atomic E-state index is -0.271. The number of likely N-dealkylation sites (tertiary alicyclic amines) is 1. The molecule has 2 heterocycles. The average molecular weight is 431 g/mol. The second-order valence-electron chi connectivity index (χ2n) is 7.08. The van der Waals surface area contributed by atoms with Gasteiger partial charge in [0.15, 0.2) is 0 Å². The highest BCUT2D eigenvalue weighted by Crippen LogP contribution is 2.21. The number of aromatic nitrogens is 2. The summed E-state index contributed by atoms with van der Waals surface area (Å²) in [5, 5.41) is 3.01. The van der Waals surface area contributed by atoms with E-state index in [0.29, 0.717) is 12.3 Å². The number of benzene rings is 2. The Morgan fingerprint density at radius 3 is 2.57 bits per heavy atom. The molecule has 1 aromatic heterocycles. The molecule has 1 aliphatic heterocycles. The number of para-hydroxylation sites is 2. The van der Waals surface area contributed by atoms with Gasteiger partial charge in [-0.25, -0.2) is 9.37 Å². The van der Waals surface area contributed by atoms with Gasteiger partial charge in [-0.2, -0.15) is 0 Å². The molecule has 0 radical (unpaired) electrons. The van der Waals surface area contributed by atoms with Crippen LogP contribution in [-0.2, 0) is 4.79 Å². The zero-order chi connectivity index (χ0) is 20.1. The van der Waals surface area contributed by atoms with Crippen molar-refractivity contribution in [2.24, 2.45) is 0 Å². The lowest BCUT2D eigenvalue weighted by Gasteiger charge is -2.31. The number of nitrogens with zero attached hydrogens (tertiary/aromatic N) is 3. The molecule has 3 aromatic rings. The smallest absolute Gasteiger partial charge is 0.238 e. The standard InChI is InChI=1S/C22H23FN4O2.ClH/c23-17-5-7-18(8-6-17)29-19-9-12-26(13-10-19)15-22(28)25-20-3-1-2-4-21(20)27-14-11-24-16-27;/h1-8,11,14,16,19H,9-10,12-13,15H2,(H,25,28);1H. The summed E-state index contributed by atoms with van der Waals surface area (Å²) in [6.07, 6.45) is 7.00. The molecule has 2 aromatic carbocycles. The van der Waals surface area contributed by atoms with Crippen molar-refractivity contribution in [1.29, 1.82) is 0 Å².